The van der Waals surface area contributed by atoms with E-state index in [2.05, 4.69) is 16.2 Å². The van der Waals surface area contributed by atoms with Crippen LogP contribution in [0.15, 0.2) is 42.9 Å². The smallest absolute Gasteiger partial charge is 0.338 e. The predicted octanol–water partition coefficient (Wildman–Crippen LogP) is 2.65. The van der Waals surface area contributed by atoms with Crippen LogP contribution in [0.25, 0.3) is 16.9 Å². The number of carboxylic acids is 1. The van der Waals surface area contributed by atoms with Crippen molar-refractivity contribution >= 4 is 5.97 Å². The van der Waals surface area contributed by atoms with Crippen LogP contribution in [0.3, 0.4) is 0 Å². The fraction of sp³-hybridized carbons (Fsp3) is 0.0588. The monoisotopic (exact) mass is 338 g/mol. The van der Waals surface area contributed by atoms with Gasteiger partial charge in [0.05, 0.1) is 30.5 Å². The zero-order valence-electron chi connectivity index (χ0n) is 13.0. The lowest BCUT2D eigenvalue weighted by molar-refractivity contribution is 0.0697. The summed E-state index contributed by atoms with van der Waals surface area (Å²) in [7, 11) is 1.41. The molecule has 0 atom stereocenters. The highest BCUT2D eigenvalue weighted by atomic mass is 19.1. The molecule has 1 N–H and O–H groups in total. The Morgan fingerprint density at radius 2 is 2.12 bits per heavy atom. The van der Waals surface area contributed by atoms with Gasteiger partial charge in [0.2, 0.25) is 0 Å². The normalized spacial score (nSPS) is 10.3. The first-order valence-electron chi connectivity index (χ1n) is 7.06. The number of hydrogen-bond acceptors (Lipinski definition) is 5. The van der Waals surface area contributed by atoms with Gasteiger partial charge in [-0.1, -0.05) is 0 Å². The van der Waals surface area contributed by atoms with Crippen molar-refractivity contribution in [2.75, 3.05) is 7.11 Å². The molecule has 0 unspecified atom stereocenters. The third-order valence-electron chi connectivity index (χ3n) is 3.53. The van der Waals surface area contributed by atoms with E-state index in [9.17, 15) is 14.4 Å². The van der Waals surface area contributed by atoms with E-state index in [-0.39, 0.29) is 22.7 Å². The molecule has 124 valence electrons. The van der Waals surface area contributed by atoms with Crippen molar-refractivity contribution in [1.29, 1.82) is 5.26 Å². The first-order chi connectivity index (χ1) is 12.0. The number of carboxylic acid groups (broad SMARTS) is 1. The van der Waals surface area contributed by atoms with E-state index in [0.29, 0.717) is 11.1 Å². The van der Waals surface area contributed by atoms with Gasteiger partial charge in [-0.3, -0.25) is 0 Å². The van der Waals surface area contributed by atoms with Crippen molar-refractivity contribution in [2.45, 2.75) is 0 Å². The lowest BCUT2D eigenvalue weighted by Crippen LogP contribution is -2.01. The Labute approximate surface area is 141 Å². The summed E-state index contributed by atoms with van der Waals surface area (Å²) in [5.41, 5.74) is 1.26. The van der Waals surface area contributed by atoms with Crippen LogP contribution in [0, 0.1) is 17.1 Å². The van der Waals surface area contributed by atoms with Gasteiger partial charge in [-0.05, 0) is 12.1 Å². The second-order valence-corrected chi connectivity index (χ2v) is 5.02. The molecule has 0 amide bonds. The number of pyridine rings is 1. The molecule has 0 radical (unpaired) electrons. The molecule has 0 saturated carbocycles. The van der Waals surface area contributed by atoms with E-state index in [4.69, 9.17) is 9.84 Å². The number of nitrogens with zero attached hydrogens (tertiary/aromatic N) is 4. The number of methoxy groups -OCH3 is 1. The van der Waals surface area contributed by atoms with E-state index in [1.807, 2.05) is 0 Å². The molecule has 2 aromatic heterocycles. The molecule has 0 aliphatic heterocycles. The molecule has 0 spiro atoms. The van der Waals surface area contributed by atoms with Crippen molar-refractivity contribution in [2.24, 2.45) is 0 Å². The average molecular weight is 338 g/mol. The topological polar surface area (TPSA) is 101 Å². The lowest BCUT2D eigenvalue weighted by atomic mass is 10.0. The summed E-state index contributed by atoms with van der Waals surface area (Å²) in [5.74, 6) is -1.01. The fourth-order valence-corrected chi connectivity index (χ4v) is 2.32. The van der Waals surface area contributed by atoms with Crippen molar-refractivity contribution in [3.05, 3.63) is 59.8 Å². The molecule has 0 saturated heterocycles. The Hall–Kier alpha value is -3.73. The van der Waals surface area contributed by atoms with Crippen LogP contribution < -0.4 is 4.74 Å². The number of benzene rings is 1. The first kappa shape index (κ1) is 16.1. The summed E-state index contributed by atoms with van der Waals surface area (Å²) >= 11 is 0. The molecule has 0 fully saturated rings. The van der Waals surface area contributed by atoms with E-state index in [0.717, 1.165) is 0 Å². The van der Waals surface area contributed by atoms with Crippen LogP contribution >= 0.6 is 0 Å². The van der Waals surface area contributed by atoms with Gasteiger partial charge in [0.25, 0.3) is 0 Å². The third-order valence-corrected chi connectivity index (χ3v) is 3.53. The fourth-order valence-electron chi connectivity index (χ4n) is 2.32. The molecule has 8 heteroatoms. The van der Waals surface area contributed by atoms with Gasteiger partial charge in [-0.15, -0.1) is 0 Å². The van der Waals surface area contributed by atoms with Crippen molar-refractivity contribution in [3.8, 4) is 28.8 Å². The molecule has 1 aromatic carbocycles. The van der Waals surface area contributed by atoms with E-state index < -0.39 is 11.8 Å². The Kier molecular flexibility index (Phi) is 4.14. The predicted molar refractivity (Wildman–Crippen MR) is 85.0 cm³/mol. The Bertz CT molecular complexity index is 1010. The van der Waals surface area contributed by atoms with Crippen LogP contribution in [0.5, 0.6) is 5.75 Å². The summed E-state index contributed by atoms with van der Waals surface area (Å²) in [6, 6.07) is 7.51. The van der Waals surface area contributed by atoms with Gasteiger partial charge in [0, 0.05) is 35.7 Å². The van der Waals surface area contributed by atoms with Crippen molar-refractivity contribution in [3.63, 3.8) is 0 Å². The second-order valence-electron chi connectivity index (χ2n) is 5.02. The van der Waals surface area contributed by atoms with Gasteiger partial charge in [0.1, 0.15) is 11.6 Å². The number of carbonyl (C=O) groups is 1. The Morgan fingerprint density at radius 3 is 2.76 bits per heavy atom. The van der Waals surface area contributed by atoms with E-state index in [1.54, 1.807) is 0 Å². The molecular formula is C17H11FN4O3. The molecular weight excluding hydrogens is 327 g/mol. The molecule has 0 bridgehead atoms. The highest BCUT2D eigenvalue weighted by Gasteiger charge is 2.15. The molecule has 2 heterocycles. The quantitative estimate of drug-likeness (QED) is 0.785. The number of hydrogen-bond donors (Lipinski definition) is 1. The summed E-state index contributed by atoms with van der Waals surface area (Å²) in [6.07, 6.45) is 3.92. The Morgan fingerprint density at radius 1 is 1.32 bits per heavy atom. The summed E-state index contributed by atoms with van der Waals surface area (Å²) in [6.45, 7) is 0. The maximum atomic E-state index is 13.4. The standard InChI is InChI=1S/C17H11FN4O3/c1-25-15-5-12(18)2-3-13(15)14-8-20-16(4-10(14)6-19)22-9-11(7-21-22)17(23)24/h2-5,7-9H,1H3,(H,23,24). The Balaban J connectivity index is 2.09. The highest BCUT2D eigenvalue weighted by Crippen LogP contribution is 2.32. The zero-order chi connectivity index (χ0) is 18.0. The van der Waals surface area contributed by atoms with Crippen LogP contribution in [-0.4, -0.2) is 33.0 Å². The minimum atomic E-state index is -1.11. The lowest BCUT2D eigenvalue weighted by Gasteiger charge is -2.11. The second kappa shape index (κ2) is 6.41. The van der Waals surface area contributed by atoms with Gasteiger partial charge in [-0.2, -0.15) is 10.4 Å². The number of nitriles is 1. The van der Waals surface area contributed by atoms with Gasteiger partial charge < -0.3 is 9.84 Å². The molecule has 0 aliphatic rings. The maximum absolute atomic E-state index is 13.4. The molecule has 25 heavy (non-hydrogen) atoms. The molecule has 0 aliphatic carbocycles. The van der Waals surface area contributed by atoms with Gasteiger partial charge in [-0.25, -0.2) is 18.9 Å². The van der Waals surface area contributed by atoms with Crippen molar-refractivity contribution in [1.82, 2.24) is 14.8 Å². The number of aromatic nitrogens is 3. The van der Waals surface area contributed by atoms with E-state index >= 15 is 0 Å². The minimum absolute atomic E-state index is 0.00425. The number of halogens is 1. The third kappa shape index (κ3) is 3.03. The van der Waals surface area contributed by atoms with Crippen LogP contribution in [0.1, 0.15) is 15.9 Å². The number of rotatable bonds is 4. The zero-order valence-corrected chi connectivity index (χ0v) is 13.0. The van der Waals surface area contributed by atoms with E-state index in [1.165, 1.54) is 54.6 Å². The molecule has 3 aromatic rings. The summed E-state index contributed by atoms with van der Waals surface area (Å²) < 4.78 is 19.8. The number of ether oxygens (including phenoxy) is 1. The van der Waals surface area contributed by atoms with Gasteiger partial charge in [0.15, 0.2) is 5.82 Å². The summed E-state index contributed by atoms with van der Waals surface area (Å²) in [4.78, 5) is 15.1. The number of aromatic carboxylic acids is 1. The highest BCUT2D eigenvalue weighted by molar-refractivity contribution is 5.87. The molecule has 7 nitrogen and oxygen atoms in total. The van der Waals surface area contributed by atoms with Gasteiger partial charge >= 0.3 is 5.97 Å². The maximum Gasteiger partial charge on any atom is 0.338 e. The largest absolute Gasteiger partial charge is 0.496 e. The molecule has 3 rings (SSSR count). The van der Waals surface area contributed by atoms with Crippen LogP contribution in [0.4, 0.5) is 4.39 Å². The average Bonchev–Trinajstić information content (AvgIpc) is 3.11. The van der Waals surface area contributed by atoms with Crippen LogP contribution in [-0.2, 0) is 0 Å². The van der Waals surface area contributed by atoms with Crippen molar-refractivity contribution < 1.29 is 19.0 Å². The van der Waals surface area contributed by atoms with Crippen LogP contribution in [0.2, 0.25) is 0 Å². The minimum Gasteiger partial charge on any atom is -0.496 e. The summed E-state index contributed by atoms with van der Waals surface area (Å²) in [5, 5.41) is 22.3. The first-order valence-corrected chi connectivity index (χ1v) is 7.06. The SMILES string of the molecule is COc1cc(F)ccc1-c1cnc(-n2cc(C(=O)O)cn2)cc1C#N.